The van der Waals surface area contributed by atoms with Crippen LogP contribution in [-0.4, -0.2) is 48.5 Å². The van der Waals surface area contributed by atoms with Gasteiger partial charge in [-0.05, 0) is 26.3 Å². The molecular weight excluding hydrogens is 327 g/mol. The van der Waals surface area contributed by atoms with Crippen LogP contribution in [0.4, 0.5) is 14.0 Å². The third kappa shape index (κ3) is 5.92. The highest BCUT2D eigenvalue weighted by atomic mass is 19.1. The summed E-state index contributed by atoms with van der Waals surface area (Å²) in [6.07, 6.45) is -1.13. The largest absolute Gasteiger partial charge is 0.445 e. The number of nitrogens with zero attached hydrogens (tertiary/aromatic N) is 1. The molecule has 0 aliphatic carbocycles. The predicted octanol–water partition coefficient (Wildman–Crippen LogP) is 3.12. The van der Waals surface area contributed by atoms with Gasteiger partial charge in [-0.15, -0.1) is 0 Å². The zero-order chi connectivity index (χ0) is 18.4. The van der Waals surface area contributed by atoms with Crippen LogP contribution in [0.1, 0.15) is 26.3 Å². The van der Waals surface area contributed by atoms with Gasteiger partial charge in [-0.25, -0.2) is 9.59 Å². The summed E-state index contributed by atoms with van der Waals surface area (Å²) in [5.41, 5.74) is 0.239. The van der Waals surface area contributed by atoms with Crippen LogP contribution in [-0.2, 0) is 16.1 Å². The molecule has 2 atom stereocenters. The minimum absolute atomic E-state index is 0.153. The van der Waals surface area contributed by atoms with Crippen LogP contribution in [0.3, 0.4) is 0 Å². The molecule has 0 unspecified atom stereocenters. The molecule has 1 aromatic rings. The Hall–Kier alpha value is -2.31. The van der Waals surface area contributed by atoms with E-state index in [1.54, 1.807) is 20.8 Å². The van der Waals surface area contributed by atoms with Gasteiger partial charge >= 0.3 is 12.2 Å². The zero-order valence-electron chi connectivity index (χ0n) is 14.8. The lowest BCUT2D eigenvalue weighted by Crippen LogP contribution is -2.44. The molecule has 0 saturated carbocycles. The van der Waals surface area contributed by atoms with Gasteiger partial charge in [0.1, 0.15) is 12.2 Å². The summed E-state index contributed by atoms with van der Waals surface area (Å²) >= 11 is 0. The van der Waals surface area contributed by atoms with E-state index < -0.39 is 36.4 Å². The number of alkyl carbamates (subject to hydrolysis) is 1. The predicted molar refractivity (Wildman–Crippen MR) is 90.8 cm³/mol. The quantitative estimate of drug-likeness (QED) is 0.904. The number of carbonyl (C=O) groups is 2. The molecule has 0 radical (unpaired) electrons. The van der Waals surface area contributed by atoms with Crippen LogP contribution in [0.2, 0.25) is 0 Å². The Balaban J connectivity index is 1.87. The molecule has 6 nitrogen and oxygen atoms in total. The van der Waals surface area contributed by atoms with Crippen molar-refractivity contribution >= 4 is 12.2 Å². The Morgan fingerprint density at radius 1 is 1.24 bits per heavy atom. The van der Waals surface area contributed by atoms with Gasteiger partial charge in [0, 0.05) is 19.0 Å². The Morgan fingerprint density at radius 2 is 1.92 bits per heavy atom. The van der Waals surface area contributed by atoms with E-state index in [1.807, 2.05) is 30.3 Å². The summed E-state index contributed by atoms with van der Waals surface area (Å²) in [6.45, 7) is 5.17. The fraction of sp³-hybridized carbons (Fsp3) is 0.556. The van der Waals surface area contributed by atoms with E-state index in [2.05, 4.69) is 5.32 Å². The van der Waals surface area contributed by atoms with Gasteiger partial charge in [0.05, 0.1) is 12.7 Å². The van der Waals surface area contributed by atoms with Gasteiger partial charge in [0.15, 0.2) is 0 Å². The summed E-state index contributed by atoms with van der Waals surface area (Å²) in [5, 5.41) is 2.64. The summed E-state index contributed by atoms with van der Waals surface area (Å²) in [7, 11) is 0. The van der Waals surface area contributed by atoms with Crippen molar-refractivity contribution < 1.29 is 23.5 Å². The SMILES string of the molecule is CC(C)(C)OC(=O)N[C@H]1CN(C(=O)OCc2ccccc2)C[C@H]1CF. The lowest BCUT2D eigenvalue weighted by Gasteiger charge is -2.23. The molecule has 1 aromatic carbocycles. The van der Waals surface area contributed by atoms with Crippen LogP contribution >= 0.6 is 0 Å². The molecule has 138 valence electrons. The van der Waals surface area contributed by atoms with Crippen LogP contribution in [0.25, 0.3) is 0 Å². The molecule has 1 aliphatic rings. The monoisotopic (exact) mass is 352 g/mol. The molecule has 2 amide bonds. The molecular formula is C18H25FN2O4. The second kappa shape index (κ2) is 8.18. The van der Waals surface area contributed by atoms with Crippen molar-refractivity contribution in [2.75, 3.05) is 19.8 Å². The van der Waals surface area contributed by atoms with E-state index in [0.717, 1.165) is 5.56 Å². The zero-order valence-corrected chi connectivity index (χ0v) is 14.8. The molecule has 1 heterocycles. The van der Waals surface area contributed by atoms with E-state index in [-0.39, 0.29) is 19.7 Å². The van der Waals surface area contributed by atoms with Gasteiger partial charge in [-0.1, -0.05) is 30.3 Å². The Morgan fingerprint density at radius 3 is 2.52 bits per heavy atom. The fourth-order valence-corrected chi connectivity index (χ4v) is 2.61. The van der Waals surface area contributed by atoms with Crippen LogP contribution in [0.15, 0.2) is 30.3 Å². The number of likely N-dealkylation sites (tertiary alicyclic amines) is 1. The minimum Gasteiger partial charge on any atom is -0.445 e. The van der Waals surface area contributed by atoms with Crippen molar-refractivity contribution in [2.24, 2.45) is 5.92 Å². The lowest BCUT2D eigenvalue weighted by molar-refractivity contribution is 0.0491. The number of hydrogen-bond acceptors (Lipinski definition) is 4. The van der Waals surface area contributed by atoms with Crippen molar-refractivity contribution in [3.8, 4) is 0 Å². The second-order valence-electron chi connectivity index (χ2n) is 7.11. The van der Waals surface area contributed by atoms with Gasteiger partial charge in [-0.2, -0.15) is 0 Å². The molecule has 1 fully saturated rings. The van der Waals surface area contributed by atoms with Crippen LogP contribution in [0.5, 0.6) is 0 Å². The standard InChI is InChI=1S/C18H25FN2O4/c1-18(2,3)25-16(22)20-15-11-21(10-14(15)9-19)17(23)24-12-13-7-5-4-6-8-13/h4-8,14-15H,9-12H2,1-3H3,(H,20,22)/t14-,15+/m1/s1. The number of amides is 2. The summed E-state index contributed by atoms with van der Waals surface area (Å²) in [6, 6.07) is 8.81. The first-order chi connectivity index (χ1) is 11.8. The first kappa shape index (κ1) is 19.0. The van der Waals surface area contributed by atoms with Crippen molar-refractivity contribution in [1.82, 2.24) is 10.2 Å². The average Bonchev–Trinajstić information content (AvgIpc) is 2.94. The number of halogens is 1. The maximum Gasteiger partial charge on any atom is 0.410 e. The number of ether oxygens (including phenoxy) is 2. The Bertz CT molecular complexity index is 588. The third-order valence-electron chi connectivity index (χ3n) is 3.80. The van der Waals surface area contributed by atoms with Gasteiger partial charge in [0.25, 0.3) is 0 Å². The molecule has 0 aromatic heterocycles. The van der Waals surface area contributed by atoms with Gasteiger partial charge in [-0.3, -0.25) is 4.39 Å². The number of alkyl halides is 1. The first-order valence-electron chi connectivity index (χ1n) is 8.29. The van der Waals surface area contributed by atoms with Crippen LogP contribution < -0.4 is 5.32 Å². The highest BCUT2D eigenvalue weighted by Gasteiger charge is 2.37. The number of benzene rings is 1. The molecule has 1 aliphatic heterocycles. The van der Waals surface area contributed by atoms with E-state index >= 15 is 0 Å². The number of hydrogen-bond donors (Lipinski definition) is 1. The molecule has 0 spiro atoms. The maximum absolute atomic E-state index is 13.3. The smallest absolute Gasteiger partial charge is 0.410 e. The van der Waals surface area contributed by atoms with Gasteiger partial charge < -0.3 is 19.7 Å². The first-order valence-corrected chi connectivity index (χ1v) is 8.29. The van der Waals surface area contributed by atoms with Crippen molar-refractivity contribution in [1.29, 1.82) is 0 Å². The van der Waals surface area contributed by atoms with Crippen LogP contribution in [0, 0.1) is 5.92 Å². The molecule has 1 saturated heterocycles. The summed E-state index contributed by atoms with van der Waals surface area (Å²) in [5.74, 6) is -0.475. The topological polar surface area (TPSA) is 67.9 Å². The lowest BCUT2D eigenvalue weighted by atomic mass is 10.1. The molecule has 25 heavy (non-hydrogen) atoms. The maximum atomic E-state index is 13.3. The Kier molecular flexibility index (Phi) is 6.22. The number of rotatable bonds is 4. The normalized spacial score (nSPS) is 20.2. The van der Waals surface area contributed by atoms with E-state index in [0.29, 0.717) is 0 Å². The minimum atomic E-state index is -0.637. The molecule has 7 heteroatoms. The molecule has 1 N–H and O–H groups in total. The summed E-state index contributed by atoms with van der Waals surface area (Å²) in [4.78, 5) is 25.5. The average molecular weight is 352 g/mol. The fourth-order valence-electron chi connectivity index (χ4n) is 2.61. The highest BCUT2D eigenvalue weighted by molar-refractivity contribution is 5.70. The van der Waals surface area contributed by atoms with Crippen molar-refractivity contribution in [3.63, 3.8) is 0 Å². The highest BCUT2D eigenvalue weighted by Crippen LogP contribution is 2.20. The van der Waals surface area contributed by atoms with E-state index in [9.17, 15) is 14.0 Å². The van der Waals surface area contributed by atoms with E-state index in [1.165, 1.54) is 4.90 Å². The second-order valence-corrected chi connectivity index (χ2v) is 7.11. The van der Waals surface area contributed by atoms with Crippen molar-refractivity contribution in [3.05, 3.63) is 35.9 Å². The van der Waals surface area contributed by atoms with Crippen molar-refractivity contribution in [2.45, 2.75) is 39.0 Å². The summed E-state index contributed by atoms with van der Waals surface area (Å²) < 4.78 is 23.7. The Labute approximate surface area is 147 Å². The number of carbonyl (C=O) groups excluding carboxylic acids is 2. The third-order valence-corrected chi connectivity index (χ3v) is 3.80. The number of nitrogens with one attached hydrogen (secondary N) is 1. The van der Waals surface area contributed by atoms with E-state index in [4.69, 9.17) is 9.47 Å². The molecule has 0 bridgehead atoms. The van der Waals surface area contributed by atoms with Gasteiger partial charge in [0.2, 0.25) is 0 Å². The molecule has 2 rings (SSSR count).